The molecule has 1 fully saturated rings. The lowest BCUT2D eigenvalue weighted by Gasteiger charge is -2.28. The molecule has 0 aromatic heterocycles. The van der Waals surface area contributed by atoms with Crippen molar-refractivity contribution in [1.29, 1.82) is 0 Å². The van der Waals surface area contributed by atoms with Crippen LogP contribution in [0.3, 0.4) is 0 Å². The van der Waals surface area contributed by atoms with Crippen molar-refractivity contribution in [3.8, 4) is 0 Å². The molecule has 2 rings (SSSR count). The Labute approximate surface area is 95.8 Å². The van der Waals surface area contributed by atoms with Gasteiger partial charge >= 0.3 is 0 Å². The summed E-state index contributed by atoms with van der Waals surface area (Å²) in [6, 6.07) is 10.5. The molecule has 1 aromatic rings. The molecule has 0 amide bonds. The van der Waals surface area contributed by atoms with Crippen LogP contribution in [0.4, 0.5) is 0 Å². The molecule has 2 nitrogen and oxygen atoms in total. The number of hydrogen-bond acceptors (Lipinski definition) is 3. The second-order valence-corrected chi connectivity index (χ2v) is 5.15. The van der Waals surface area contributed by atoms with Crippen LogP contribution in [-0.4, -0.2) is 36.0 Å². The number of nitrogens with zero attached hydrogens (tertiary/aromatic N) is 1. The molecule has 0 spiro atoms. The number of thioether (sulfide) groups is 1. The maximum Gasteiger partial charge on any atom is 0.0424 e. The zero-order valence-corrected chi connectivity index (χ0v) is 9.75. The molecule has 1 atom stereocenters. The summed E-state index contributed by atoms with van der Waals surface area (Å²) in [6.45, 7) is 3.36. The fraction of sp³-hybridized carbons (Fsp3) is 0.500. The Balaban J connectivity index is 1.88. The minimum Gasteiger partial charge on any atom is -0.323 e. The van der Waals surface area contributed by atoms with Crippen molar-refractivity contribution < 1.29 is 0 Å². The molecule has 1 aliphatic heterocycles. The first-order valence-corrected chi connectivity index (χ1v) is 6.62. The van der Waals surface area contributed by atoms with E-state index in [2.05, 4.69) is 29.2 Å². The van der Waals surface area contributed by atoms with Gasteiger partial charge in [-0.1, -0.05) is 30.3 Å². The van der Waals surface area contributed by atoms with Crippen LogP contribution in [0.5, 0.6) is 0 Å². The molecule has 1 aromatic carbocycles. The number of nitrogens with two attached hydrogens (primary N) is 1. The van der Waals surface area contributed by atoms with Crippen LogP contribution in [-0.2, 0) is 0 Å². The van der Waals surface area contributed by atoms with E-state index < -0.39 is 0 Å². The van der Waals surface area contributed by atoms with Crippen molar-refractivity contribution in [1.82, 2.24) is 4.90 Å². The molecular formula is C12H18N2S. The van der Waals surface area contributed by atoms with Gasteiger partial charge in [0.1, 0.15) is 0 Å². The van der Waals surface area contributed by atoms with Crippen molar-refractivity contribution in [2.75, 3.05) is 31.1 Å². The highest BCUT2D eigenvalue weighted by molar-refractivity contribution is 7.99. The van der Waals surface area contributed by atoms with Crippen LogP contribution < -0.4 is 5.73 Å². The Kier molecular flexibility index (Phi) is 4.06. The zero-order chi connectivity index (χ0) is 10.5. The van der Waals surface area contributed by atoms with Crippen LogP contribution >= 0.6 is 11.8 Å². The monoisotopic (exact) mass is 222 g/mol. The third-order valence-electron chi connectivity index (χ3n) is 2.79. The Hall–Kier alpha value is -0.510. The molecule has 0 bridgehead atoms. The lowest BCUT2D eigenvalue weighted by Crippen LogP contribution is -2.37. The molecule has 0 saturated carbocycles. The minimum absolute atomic E-state index is 0.161. The molecule has 1 aliphatic rings. The van der Waals surface area contributed by atoms with Gasteiger partial charge in [-0.15, -0.1) is 0 Å². The highest BCUT2D eigenvalue weighted by Crippen LogP contribution is 2.14. The zero-order valence-electron chi connectivity index (χ0n) is 8.93. The fourth-order valence-corrected chi connectivity index (χ4v) is 2.85. The second kappa shape index (κ2) is 5.54. The van der Waals surface area contributed by atoms with Crippen LogP contribution in [0, 0.1) is 0 Å². The predicted molar refractivity (Wildman–Crippen MR) is 67.1 cm³/mol. The van der Waals surface area contributed by atoms with Gasteiger partial charge in [0.15, 0.2) is 0 Å². The van der Waals surface area contributed by atoms with Crippen molar-refractivity contribution in [2.24, 2.45) is 5.73 Å². The van der Waals surface area contributed by atoms with Crippen molar-refractivity contribution in [3.63, 3.8) is 0 Å². The van der Waals surface area contributed by atoms with Crippen molar-refractivity contribution in [3.05, 3.63) is 35.9 Å². The van der Waals surface area contributed by atoms with E-state index in [1.54, 1.807) is 0 Å². The molecule has 2 N–H and O–H groups in total. The molecule has 1 unspecified atom stereocenters. The maximum atomic E-state index is 6.18. The average molecular weight is 222 g/mol. The normalized spacial score (nSPS) is 20.1. The van der Waals surface area contributed by atoms with Gasteiger partial charge in [0.2, 0.25) is 0 Å². The van der Waals surface area contributed by atoms with Gasteiger partial charge in [-0.3, -0.25) is 4.90 Å². The smallest absolute Gasteiger partial charge is 0.0424 e. The maximum absolute atomic E-state index is 6.18. The van der Waals surface area contributed by atoms with Gasteiger partial charge < -0.3 is 5.73 Å². The SMILES string of the molecule is NC(CN1CCSCC1)c1ccccc1. The Morgan fingerprint density at radius 2 is 1.87 bits per heavy atom. The van der Waals surface area contributed by atoms with Gasteiger partial charge in [0.05, 0.1) is 0 Å². The van der Waals surface area contributed by atoms with Crippen LogP contribution in [0.2, 0.25) is 0 Å². The topological polar surface area (TPSA) is 29.3 Å². The van der Waals surface area contributed by atoms with Crippen LogP contribution in [0.15, 0.2) is 30.3 Å². The summed E-state index contributed by atoms with van der Waals surface area (Å²) in [5.74, 6) is 2.50. The van der Waals surface area contributed by atoms with Crippen molar-refractivity contribution >= 4 is 11.8 Å². The van der Waals surface area contributed by atoms with E-state index in [0.29, 0.717) is 0 Å². The first kappa shape index (κ1) is 11.0. The Morgan fingerprint density at radius 1 is 1.20 bits per heavy atom. The lowest BCUT2D eigenvalue weighted by molar-refractivity contribution is 0.283. The van der Waals surface area contributed by atoms with E-state index in [-0.39, 0.29) is 6.04 Å². The van der Waals surface area contributed by atoms with E-state index in [4.69, 9.17) is 5.73 Å². The van der Waals surface area contributed by atoms with Crippen LogP contribution in [0.25, 0.3) is 0 Å². The quantitative estimate of drug-likeness (QED) is 0.844. The summed E-state index contributed by atoms with van der Waals surface area (Å²) in [5.41, 5.74) is 7.42. The van der Waals surface area contributed by atoms with Gasteiger partial charge in [0.25, 0.3) is 0 Å². The molecular weight excluding hydrogens is 204 g/mol. The van der Waals surface area contributed by atoms with E-state index in [1.807, 2.05) is 17.8 Å². The second-order valence-electron chi connectivity index (χ2n) is 3.93. The Bertz CT molecular complexity index is 283. The summed E-state index contributed by atoms with van der Waals surface area (Å²) < 4.78 is 0. The summed E-state index contributed by atoms with van der Waals surface area (Å²) in [4.78, 5) is 2.47. The number of rotatable bonds is 3. The lowest BCUT2D eigenvalue weighted by atomic mass is 10.1. The molecule has 1 saturated heterocycles. The van der Waals surface area contributed by atoms with Gasteiger partial charge in [0, 0.05) is 37.2 Å². The first-order valence-electron chi connectivity index (χ1n) is 5.47. The van der Waals surface area contributed by atoms with Gasteiger partial charge in [-0.05, 0) is 5.56 Å². The van der Waals surface area contributed by atoms with Crippen molar-refractivity contribution in [2.45, 2.75) is 6.04 Å². The van der Waals surface area contributed by atoms with Gasteiger partial charge in [-0.25, -0.2) is 0 Å². The Morgan fingerprint density at radius 3 is 2.53 bits per heavy atom. The third-order valence-corrected chi connectivity index (χ3v) is 3.73. The number of benzene rings is 1. The predicted octanol–water partition coefficient (Wildman–Crippen LogP) is 1.74. The van der Waals surface area contributed by atoms with Crippen LogP contribution in [0.1, 0.15) is 11.6 Å². The summed E-state index contributed by atoms with van der Waals surface area (Å²) in [6.07, 6.45) is 0. The summed E-state index contributed by atoms with van der Waals surface area (Å²) in [7, 11) is 0. The first-order chi connectivity index (χ1) is 7.36. The molecule has 3 heteroatoms. The summed E-state index contributed by atoms with van der Waals surface area (Å²) in [5, 5.41) is 0. The number of hydrogen-bond donors (Lipinski definition) is 1. The third kappa shape index (κ3) is 3.23. The molecule has 15 heavy (non-hydrogen) atoms. The minimum atomic E-state index is 0.161. The molecule has 1 heterocycles. The molecule has 0 radical (unpaired) electrons. The average Bonchev–Trinajstić information content (AvgIpc) is 2.31. The standard InChI is InChI=1S/C12H18N2S/c13-12(11-4-2-1-3-5-11)10-14-6-8-15-9-7-14/h1-5,12H,6-10,13H2. The largest absolute Gasteiger partial charge is 0.323 e. The molecule has 82 valence electrons. The highest BCUT2D eigenvalue weighted by atomic mass is 32.2. The van der Waals surface area contributed by atoms with E-state index >= 15 is 0 Å². The van der Waals surface area contributed by atoms with E-state index in [0.717, 1.165) is 6.54 Å². The highest BCUT2D eigenvalue weighted by Gasteiger charge is 2.14. The van der Waals surface area contributed by atoms with E-state index in [9.17, 15) is 0 Å². The molecule has 0 aliphatic carbocycles. The summed E-state index contributed by atoms with van der Waals surface area (Å²) >= 11 is 2.04. The van der Waals surface area contributed by atoms with Gasteiger partial charge in [-0.2, -0.15) is 11.8 Å². The van der Waals surface area contributed by atoms with E-state index in [1.165, 1.54) is 30.2 Å². The fourth-order valence-electron chi connectivity index (χ4n) is 1.87.